The number of pyridine rings is 1. The van der Waals surface area contributed by atoms with E-state index >= 15 is 0 Å². The number of aromatic nitrogens is 2. The molecule has 0 fully saturated rings. The average molecular weight is 467 g/mol. The van der Waals surface area contributed by atoms with Crippen molar-refractivity contribution in [2.24, 2.45) is 0 Å². The lowest BCUT2D eigenvalue weighted by molar-refractivity contribution is 0.101. The number of Topliss-reactive ketones (excluding diaryl/α,β-unsaturated/α-hetero) is 1. The number of carbonyl (C=O) groups is 1. The van der Waals surface area contributed by atoms with E-state index in [1.54, 1.807) is 18.2 Å². The third-order valence-corrected chi connectivity index (χ3v) is 7.03. The Labute approximate surface area is 191 Å². The van der Waals surface area contributed by atoms with Gasteiger partial charge in [0.15, 0.2) is 27.2 Å². The van der Waals surface area contributed by atoms with Crippen molar-refractivity contribution < 1.29 is 22.3 Å². The van der Waals surface area contributed by atoms with Crippen LogP contribution in [0.25, 0.3) is 22.2 Å². The topological polar surface area (TPSA) is 78.3 Å². The van der Waals surface area contributed by atoms with Crippen LogP contribution in [-0.4, -0.2) is 42.4 Å². The molecule has 170 valence electrons. The van der Waals surface area contributed by atoms with Gasteiger partial charge in [-0.05, 0) is 29.8 Å². The van der Waals surface area contributed by atoms with Crippen LogP contribution >= 0.6 is 0 Å². The average Bonchev–Trinajstić information content (AvgIpc) is 3.16. The molecule has 2 heterocycles. The Morgan fingerprint density at radius 1 is 1.06 bits per heavy atom. The molecule has 0 amide bonds. The zero-order valence-corrected chi connectivity index (χ0v) is 19.1. The Morgan fingerprint density at radius 2 is 1.82 bits per heavy atom. The third-order valence-electron chi connectivity index (χ3n) is 5.45. The normalized spacial score (nSPS) is 11.6. The predicted octanol–water partition coefficient (Wildman–Crippen LogP) is 4.52. The van der Waals surface area contributed by atoms with Crippen molar-refractivity contribution >= 4 is 26.5 Å². The van der Waals surface area contributed by atoms with E-state index in [0.29, 0.717) is 11.2 Å². The first-order chi connectivity index (χ1) is 15.8. The number of methoxy groups -OCH3 is 1. The van der Waals surface area contributed by atoms with E-state index in [2.05, 4.69) is 4.98 Å². The number of ketones is 1. The van der Waals surface area contributed by atoms with Gasteiger partial charge in [0.25, 0.3) is 0 Å². The molecule has 0 N–H and O–H groups in total. The summed E-state index contributed by atoms with van der Waals surface area (Å²) in [6.07, 6.45) is 0. The Kier molecular flexibility index (Phi) is 6.29. The van der Waals surface area contributed by atoms with Gasteiger partial charge in [-0.1, -0.05) is 43.3 Å². The second kappa shape index (κ2) is 9.15. The van der Waals surface area contributed by atoms with Gasteiger partial charge in [0, 0.05) is 22.9 Å². The molecule has 0 radical (unpaired) electrons. The maximum atomic E-state index is 14.6. The number of hydrogen-bond acceptors (Lipinski definition) is 5. The van der Waals surface area contributed by atoms with Crippen LogP contribution < -0.4 is 4.74 Å². The molecule has 0 unspecified atom stereocenters. The third kappa shape index (κ3) is 4.80. The summed E-state index contributed by atoms with van der Waals surface area (Å²) < 4.78 is 45.3. The first kappa shape index (κ1) is 22.7. The van der Waals surface area contributed by atoms with Gasteiger partial charge in [-0.2, -0.15) is 0 Å². The Morgan fingerprint density at radius 3 is 2.52 bits per heavy atom. The van der Waals surface area contributed by atoms with Crippen molar-refractivity contribution in [3.8, 4) is 17.0 Å². The fourth-order valence-electron chi connectivity index (χ4n) is 3.70. The van der Waals surface area contributed by atoms with Crippen molar-refractivity contribution in [1.29, 1.82) is 0 Å². The maximum Gasteiger partial charge on any atom is 0.196 e. The first-order valence-electron chi connectivity index (χ1n) is 10.4. The van der Waals surface area contributed by atoms with E-state index in [0.717, 1.165) is 16.6 Å². The van der Waals surface area contributed by atoms with Gasteiger partial charge in [-0.15, -0.1) is 0 Å². The molecule has 0 aliphatic carbocycles. The Balaban J connectivity index is 1.78. The molecule has 4 aromatic rings. The summed E-state index contributed by atoms with van der Waals surface area (Å²) in [4.78, 5) is 16.9. The highest BCUT2D eigenvalue weighted by atomic mass is 32.2. The molecule has 33 heavy (non-hydrogen) atoms. The van der Waals surface area contributed by atoms with Gasteiger partial charge in [0.2, 0.25) is 0 Å². The van der Waals surface area contributed by atoms with Crippen LogP contribution in [0.2, 0.25) is 0 Å². The number of hydrogen-bond donors (Lipinski definition) is 0. The molecule has 0 aliphatic heterocycles. The molecule has 0 spiro atoms. The fraction of sp³-hybridized carbons (Fsp3) is 0.200. The van der Waals surface area contributed by atoms with Crippen molar-refractivity contribution in [2.45, 2.75) is 13.5 Å². The highest BCUT2D eigenvalue weighted by Crippen LogP contribution is 2.32. The van der Waals surface area contributed by atoms with Crippen LogP contribution in [-0.2, 0) is 16.4 Å². The smallest absolute Gasteiger partial charge is 0.196 e. The lowest BCUT2D eigenvalue weighted by Gasteiger charge is -2.12. The van der Waals surface area contributed by atoms with Crippen LogP contribution in [0.15, 0.2) is 66.7 Å². The van der Waals surface area contributed by atoms with E-state index in [1.807, 2.05) is 41.0 Å². The molecule has 4 rings (SSSR count). The minimum Gasteiger partial charge on any atom is -0.494 e. The zero-order chi connectivity index (χ0) is 23.6. The van der Waals surface area contributed by atoms with Gasteiger partial charge in [0.1, 0.15) is 11.4 Å². The van der Waals surface area contributed by atoms with Crippen molar-refractivity contribution in [1.82, 2.24) is 9.55 Å². The highest BCUT2D eigenvalue weighted by molar-refractivity contribution is 7.92. The molecular weight excluding hydrogens is 443 g/mol. The first-order valence-corrected chi connectivity index (χ1v) is 12.2. The van der Waals surface area contributed by atoms with Crippen molar-refractivity contribution in [2.75, 3.05) is 18.6 Å². The fourth-order valence-corrected chi connectivity index (χ4v) is 4.45. The second-order valence-corrected chi connectivity index (χ2v) is 9.99. The molecule has 0 atom stereocenters. The van der Waals surface area contributed by atoms with E-state index in [4.69, 9.17) is 4.74 Å². The summed E-state index contributed by atoms with van der Waals surface area (Å²) >= 11 is 0. The van der Waals surface area contributed by atoms with Crippen LogP contribution in [0.5, 0.6) is 5.75 Å². The van der Waals surface area contributed by atoms with Crippen LogP contribution in [0, 0.1) is 5.82 Å². The number of sulfone groups is 1. The van der Waals surface area contributed by atoms with Crippen molar-refractivity contribution in [3.63, 3.8) is 0 Å². The summed E-state index contributed by atoms with van der Waals surface area (Å²) in [6.45, 7) is 1.77. The lowest BCUT2D eigenvalue weighted by Crippen LogP contribution is -2.19. The maximum absolute atomic E-state index is 14.6. The molecule has 2 aromatic heterocycles. The highest BCUT2D eigenvalue weighted by Gasteiger charge is 2.19. The van der Waals surface area contributed by atoms with E-state index in [1.165, 1.54) is 26.2 Å². The number of ether oxygens (including phenoxy) is 1. The summed E-state index contributed by atoms with van der Waals surface area (Å²) in [6, 6.07) is 19.6. The number of carbonyl (C=O) groups excluding carboxylic acids is 1. The van der Waals surface area contributed by atoms with E-state index in [-0.39, 0.29) is 23.7 Å². The number of nitrogens with zero attached hydrogens (tertiary/aromatic N) is 2. The van der Waals surface area contributed by atoms with E-state index < -0.39 is 27.2 Å². The Hall–Kier alpha value is -3.52. The van der Waals surface area contributed by atoms with Gasteiger partial charge in [-0.3, -0.25) is 4.79 Å². The molecule has 0 saturated carbocycles. The van der Waals surface area contributed by atoms with Gasteiger partial charge >= 0.3 is 0 Å². The number of rotatable bonds is 8. The minimum atomic E-state index is -3.46. The minimum absolute atomic E-state index is 0.0927. The molecule has 0 bridgehead atoms. The molecular formula is C25H23FN2O4S. The summed E-state index contributed by atoms with van der Waals surface area (Å²) in [7, 11) is -2.04. The molecule has 2 aromatic carbocycles. The zero-order valence-electron chi connectivity index (χ0n) is 18.3. The summed E-state index contributed by atoms with van der Waals surface area (Å²) in [5.74, 6) is -1.56. The van der Waals surface area contributed by atoms with Crippen molar-refractivity contribution in [3.05, 3.63) is 83.9 Å². The van der Waals surface area contributed by atoms with E-state index in [9.17, 15) is 17.6 Å². The molecule has 0 aliphatic rings. The quantitative estimate of drug-likeness (QED) is 0.357. The Bertz CT molecular complexity index is 1430. The summed E-state index contributed by atoms with van der Waals surface area (Å²) in [5, 5.41) is 0.799. The predicted molar refractivity (Wildman–Crippen MR) is 126 cm³/mol. The van der Waals surface area contributed by atoms with Gasteiger partial charge in [0.05, 0.1) is 24.9 Å². The standard InChI is InChI=1S/C25H23FN2O4S/c1-3-33(30,31)16-24(29)21-11-7-10-19(27-21)15-28-22(17-8-5-4-6-9-17)12-18-13-25(32-2)20(26)14-23(18)28/h4-14H,3,15-16H2,1-2H3. The molecule has 8 heteroatoms. The van der Waals surface area contributed by atoms with Gasteiger partial charge in [-0.25, -0.2) is 17.8 Å². The van der Waals surface area contributed by atoms with Gasteiger partial charge < -0.3 is 9.30 Å². The number of halogens is 1. The van der Waals surface area contributed by atoms with Crippen LogP contribution in [0.1, 0.15) is 23.1 Å². The molecule has 0 saturated heterocycles. The number of fused-ring (bicyclic) bond motifs is 1. The summed E-state index contributed by atoms with van der Waals surface area (Å²) in [5.41, 5.74) is 3.09. The van der Waals surface area contributed by atoms with Crippen LogP contribution in [0.3, 0.4) is 0 Å². The number of benzene rings is 2. The monoisotopic (exact) mass is 466 g/mol. The lowest BCUT2D eigenvalue weighted by atomic mass is 10.1. The SMILES string of the molecule is CCS(=O)(=O)CC(=O)c1cccc(Cn2c(-c3ccccc3)cc3cc(OC)c(F)cc32)n1. The van der Waals surface area contributed by atoms with Crippen LogP contribution in [0.4, 0.5) is 4.39 Å². The molecule has 6 nitrogen and oxygen atoms in total. The largest absolute Gasteiger partial charge is 0.494 e. The second-order valence-electron chi connectivity index (χ2n) is 7.64.